The van der Waals surface area contributed by atoms with Gasteiger partial charge in [0.25, 0.3) is 0 Å². The van der Waals surface area contributed by atoms with Gasteiger partial charge in [-0.1, -0.05) is 25.8 Å². The smallest absolute Gasteiger partial charge is 0.326 e. The quantitative estimate of drug-likeness (QED) is 0.614. The Balaban J connectivity index is 3.22. The molecule has 0 radical (unpaired) electrons. The average Bonchev–Trinajstić information content (AvgIpc) is 2.68. The molecule has 1 heterocycles. The van der Waals surface area contributed by atoms with Gasteiger partial charge in [0.15, 0.2) is 0 Å². The second kappa shape index (κ2) is 6.56. The van der Waals surface area contributed by atoms with Crippen molar-refractivity contribution >= 4 is 6.21 Å². The molecule has 20 heavy (non-hydrogen) atoms. The number of nitrogens with two attached hydrogens (primary N) is 1. The Morgan fingerprint density at radius 1 is 1.45 bits per heavy atom. The Bertz CT molecular complexity index is 656. The molecule has 0 unspecified atom stereocenters. The fourth-order valence-electron chi connectivity index (χ4n) is 1.64. The first-order valence-electron chi connectivity index (χ1n) is 6.13. The average molecular weight is 272 g/mol. The van der Waals surface area contributed by atoms with Crippen molar-refractivity contribution in [3.8, 4) is 0 Å². The van der Waals surface area contributed by atoms with Crippen molar-refractivity contribution in [1.82, 2.24) is 9.55 Å². The van der Waals surface area contributed by atoms with Gasteiger partial charge in [0.1, 0.15) is 0 Å². The molecule has 106 valence electrons. The number of H-pyrrole nitrogens is 1. The van der Waals surface area contributed by atoms with E-state index in [1.165, 1.54) is 6.08 Å². The number of rotatable bonds is 6. The summed E-state index contributed by atoms with van der Waals surface area (Å²) in [5.74, 6) is 0. The summed E-state index contributed by atoms with van der Waals surface area (Å²) < 4.78 is 1.58. The molecule has 5 heteroatoms. The van der Waals surface area contributed by atoms with Crippen molar-refractivity contribution in [2.75, 3.05) is 0 Å². The molecule has 5 nitrogen and oxygen atoms in total. The summed E-state index contributed by atoms with van der Waals surface area (Å²) in [7, 11) is 0. The van der Waals surface area contributed by atoms with E-state index >= 15 is 0 Å². The summed E-state index contributed by atoms with van der Waals surface area (Å²) in [5, 5.41) is 0. The molecule has 0 aliphatic heterocycles. The van der Waals surface area contributed by atoms with Crippen LogP contribution in [0.15, 0.2) is 58.6 Å². The summed E-state index contributed by atoms with van der Waals surface area (Å²) >= 11 is 0. The molecular formula is C15H20N4O. The van der Waals surface area contributed by atoms with Crippen LogP contribution in [0.1, 0.15) is 18.3 Å². The molecular weight excluding hydrogens is 252 g/mol. The van der Waals surface area contributed by atoms with Crippen molar-refractivity contribution in [1.29, 1.82) is 0 Å². The fourth-order valence-corrected chi connectivity index (χ4v) is 1.64. The Morgan fingerprint density at radius 2 is 2.10 bits per heavy atom. The lowest BCUT2D eigenvalue weighted by Gasteiger charge is -2.07. The Labute approximate surface area is 118 Å². The molecule has 0 aromatic carbocycles. The number of hydrogen-bond donors (Lipinski definition) is 2. The van der Waals surface area contributed by atoms with Gasteiger partial charge >= 0.3 is 5.69 Å². The molecule has 0 atom stereocenters. The van der Waals surface area contributed by atoms with Crippen molar-refractivity contribution in [3.05, 3.63) is 70.7 Å². The summed E-state index contributed by atoms with van der Waals surface area (Å²) in [6.45, 7) is 15.0. The number of allylic oxidation sites excluding steroid dienone is 4. The van der Waals surface area contributed by atoms with E-state index in [0.717, 1.165) is 11.3 Å². The topological polar surface area (TPSA) is 76.2 Å². The highest BCUT2D eigenvalue weighted by Crippen LogP contribution is 2.08. The predicted molar refractivity (Wildman–Crippen MR) is 83.8 cm³/mol. The second-order valence-corrected chi connectivity index (χ2v) is 4.40. The lowest BCUT2D eigenvalue weighted by atomic mass is 10.2. The first kappa shape index (κ1) is 15.5. The SMILES string of the molecule is C=C/C(N)=C(\C=C)Cn1c(C)c(C=NC(=C)C)[nH]c1=O. The van der Waals surface area contributed by atoms with Crippen molar-refractivity contribution in [3.63, 3.8) is 0 Å². The van der Waals surface area contributed by atoms with E-state index in [0.29, 0.717) is 23.6 Å². The molecule has 1 rings (SSSR count). The number of nitrogens with one attached hydrogen (secondary N) is 1. The zero-order chi connectivity index (χ0) is 15.3. The molecule has 0 aliphatic rings. The Kier molecular flexibility index (Phi) is 5.08. The third kappa shape index (κ3) is 3.47. The molecule has 0 saturated heterocycles. The van der Waals surface area contributed by atoms with Crippen LogP contribution >= 0.6 is 0 Å². The maximum absolute atomic E-state index is 12.0. The molecule has 1 aromatic rings. The van der Waals surface area contributed by atoms with E-state index in [4.69, 9.17) is 5.73 Å². The highest BCUT2D eigenvalue weighted by atomic mass is 16.1. The third-order valence-electron chi connectivity index (χ3n) is 2.86. The normalized spacial score (nSPS) is 12.3. The minimum Gasteiger partial charge on any atom is -0.398 e. The summed E-state index contributed by atoms with van der Waals surface area (Å²) in [5.41, 5.74) is 8.93. The molecule has 0 bridgehead atoms. The number of hydrogen-bond acceptors (Lipinski definition) is 3. The highest BCUT2D eigenvalue weighted by Gasteiger charge is 2.10. The standard InChI is InChI=1S/C15H20N4O/c1-6-12(13(16)7-2)9-19-11(5)14(18-15(19)20)8-17-10(3)4/h6-8H,1-3,9,16H2,4-5H3,(H,18,20)/b13-12-,17-8?. The van der Waals surface area contributed by atoms with Gasteiger partial charge < -0.3 is 10.7 Å². The van der Waals surface area contributed by atoms with E-state index < -0.39 is 0 Å². The molecule has 1 aromatic heterocycles. The number of aromatic nitrogens is 2. The zero-order valence-corrected chi connectivity index (χ0v) is 11.9. The van der Waals surface area contributed by atoms with Gasteiger partial charge in [0, 0.05) is 17.1 Å². The summed E-state index contributed by atoms with van der Waals surface area (Å²) in [4.78, 5) is 18.8. The van der Waals surface area contributed by atoms with Gasteiger partial charge in [-0.3, -0.25) is 9.56 Å². The van der Waals surface area contributed by atoms with Gasteiger partial charge in [-0.05, 0) is 25.5 Å². The molecule has 0 saturated carbocycles. The largest absolute Gasteiger partial charge is 0.398 e. The molecule has 0 aliphatic carbocycles. The van der Waals surface area contributed by atoms with E-state index in [1.54, 1.807) is 23.8 Å². The van der Waals surface area contributed by atoms with Crippen molar-refractivity contribution in [2.45, 2.75) is 20.4 Å². The van der Waals surface area contributed by atoms with E-state index in [9.17, 15) is 4.79 Å². The minimum atomic E-state index is -0.220. The number of aliphatic imine (C=N–C) groups is 1. The van der Waals surface area contributed by atoms with E-state index in [1.807, 2.05) is 6.92 Å². The highest BCUT2D eigenvalue weighted by molar-refractivity contribution is 5.79. The van der Waals surface area contributed by atoms with Gasteiger partial charge in [0.05, 0.1) is 18.5 Å². The van der Waals surface area contributed by atoms with Crippen molar-refractivity contribution < 1.29 is 0 Å². The first-order chi connectivity index (χ1) is 9.40. The third-order valence-corrected chi connectivity index (χ3v) is 2.86. The van der Waals surface area contributed by atoms with Crippen LogP contribution in [0.2, 0.25) is 0 Å². The number of imidazole rings is 1. The van der Waals surface area contributed by atoms with Gasteiger partial charge in [-0.15, -0.1) is 0 Å². The maximum atomic E-state index is 12.0. The first-order valence-corrected chi connectivity index (χ1v) is 6.13. The van der Waals surface area contributed by atoms with Crippen LogP contribution in [0, 0.1) is 6.92 Å². The lowest BCUT2D eigenvalue weighted by Crippen LogP contribution is -2.20. The Hall–Kier alpha value is -2.56. The number of nitrogens with zero attached hydrogens (tertiary/aromatic N) is 2. The van der Waals surface area contributed by atoms with Crippen LogP contribution in [0.5, 0.6) is 0 Å². The lowest BCUT2D eigenvalue weighted by molar-refractivity contribution is 0.733. The van der Waals surface area contributed by atoms with Crippen LogP contribution in [0.4, 0.5) is 0 Å². The van der Waals surface area contributed by atoms with Gasteiger partial charge in [0.2, 0.25) is 0 Å². The molecule has 0 spiro atoms. The van der Waals surface area contributed by atoms with Gasteiger partial charge in [-0.25, -0.2) is 4.79 Å². The molecule has 0 fully saturated rings. The minimum absolute atomic E-state index is 0.220. The van der Waals surface area contributed by atoms with Crippen molar-refractivity contribution in [2.24, 2.45) is 10.7 Å². The second-order valence-electron chi connectivity index (χ2n) is 4.40. The Morgan fingerprint density at radius 3 is 2.60 bits per heavy atom. The van der Waals surface area contributed by atoms with E-state index in [-0.39, 0.29) is 5.69 Å². The molecule has 0 amide bonds. The fraction of sp³-hybridized carbons (Fsp3) is 0.200. The van der Waals surface area contributed by atoms with Crippen LogP contribution in [0.25, 0.3) is 0 Å². The summed E-state index contributed by atoms with van der Waals surface area (Å²) in [6, 6.07) is 0. The van der Waals surface area contributed by atoms with Crippen LogP contribution in [-0.2, 0) is 6.54 Å². The monoisotopic (exact) mass is 272 g/mol. The van der Waals surface area contributed by atoms with Gasteiger partial charge in [-0.2, -0.15) is 0 Å². The predicted octanol–water partition coefficient (Wildman–Crippen LogP) is 2.02. The number of aromatic amines is 1. The van der Waals surface area contributed by atoms with Crippen LogP contribution in [0.3, 0.4) is 0 Å². The zero-order valence-electron chi connectivity index (χ0n) is 11.9. The van der Waals surface area contributed by atoms with E-state index in [2.05, 4.69) is 29.7 Å². The molecule has 3 N–H and O–H groups in total. The van der Waals surface area contributed by atoms with Crippen LogP contribution in [-0.4, -0.2) is 15.8 Å². The van der Waals surface area contributed by atoms with Crippen LogP contribution < -0.4 is 11.4 Å². The summed E-state index contributed by atoms with van der Waals surface area (Å²) in [6.07, 6.45) is 4.74. The maximum Gasteiger partial charge on any atom is 0.326 e.